The minimum atomic E-state index is -0.634. The maximum atomic E-state index is 13.6. The Balaban J connectivity index is 2.79. The molecule has 0 aliphatic heterocycles. The fourth-order valence-corrected chi connectivity index (χ4v) is 2.26. The molecule has 96 valence electrons. The Morgan fingerprint density at radius 2 is 2.12 bits per heavy atom. The summed E-state index contributed by atoms with van der Waals surface area (Å²) in [7, 11) is 0. The molecule has 0 spiro atoms. The highest BCUT2D eigenvalue weighted by molar-refractivity contribution is 6.31. The van der Waals surface area contributed by atoms with Crippen molar-refractivity contribution >= 4 is 11.6 Å². The second kappa shape index (κ2) is 6.34. The van der Waals surface area contributed by atoms with Gasteiger partial charge in [0, 0.05) is 16.6 Å². The zero-order valence-corrected chi connectivity index (χ0v) is 10.9. The Morgan fingerprint density at radius 3 is 2.65 bits per heavy atom. The van der Waals surface area contributed by atoms with E-state index in [9.17, 15) is 9.50 Å². The van der Waals surface area contributed by atoms with Gasteiger partial charge in [-0.3, -0.25) is 0 Å². The van der Waals surface area contributed by atoms with Crippen LogP contribution >= 0.6 is 11.6 Å². The van der Waals surface area contributed by atoms with Gasteiger partial charge in [-0.05, 0) is 30.9 Å². The van der Waals surface area contributed by atoms with Crippen molar-refractivity contribution in [3.05, 3.63) is 34.6 Å². The molecule has 0 aromatic heterocycles. The summed E-state index contributed by atoms with van der Waals surface area (Å²) in [4.78, 5) is 0. The molecule has 0 aliphatic rings. The molecular formula is C13H19ClFNO. The van der Waals surface area contributed by atoms with Crippen molar-refractivity contribution in [3.8, 4) is 0 Å². The van der Waals surface area contributed by atoms with Crippen molar-refractivity contribution < 1.29 is 9.50 Å². The van der Waals surface area contributed by atoms with E-state index in [0.717, 1.165) is 0 Å². The molecule has 0 amide bonds. The Morgan fingerprint density at radius 1 is 1.47 bits per heavy atom. The zero-order valence-electron chi connectivity index (χ0n) is 10.2. The van der Waals surface area contributed by atoms with Gasteiger partial charge in [-0.15, -0.1) is 0 Å². The van der Waals surface area contributed by atoms with Crippen LogP contribution in [0.15, 0.2) is 18.2 Å². The Hall–Kier alpha value is -0.640. The molecule has 0 heterocycles. The number of hydrogen-bond acceptors (Lipinski definition) is 2. The quantitative estimate of drug-likeness (QED) is 0.854. The van der Waals surface area contributed by atoms with Crippen LogP contribution in [0.1, 0.15) is 38.2 Å². The van der Waals surface area contributed by atoms with E-state index in [4.69, 9.17) is 17.3 Å². The van der Waals surface area contributed by atoms with E-state index in [1.807, 2.05) is 13.8 Å². The Labute approximate surface area is 107 Å². The van der Waals surface area contributed by atoms with Crippen LogP contribution in [0.2, 0.25) is 5.02 Å². The van der Waals surface area contributed by atoms with Gasteiger partial charge in [-0.25, -0.2) is 4.39 Å². The van der Waals surface area contributed by atoms with Crippen LogP contribution in [0, 0.1) is 5.82 Å². The summed E-state index contributed by atoms with van der Waals surface area (Å²) >= 11 is 5.97. The highest BCUT2D eigenvalue weighted by Crippen LogP contribution is 2.30. The van der Waals surface area contributed by atoms with Gasteiger partial charge in [0.2, 0.25) is 0 Å². The molecule has 0 bridgehead atoms. The van der Waals surface area contributed by atoms with Crippen molar-refractivity contribution in [3.63, 3.8) is 0 Å². The molecule has 3 atom stereocenters. The second-order valence-electron chi connectivity index (χ2n) is 4.41. The third-order valence-electron chi connectivity index (χ3n) is 3.05. The summed E-state index contributed by atoms with van der Waals surface area (Å²) in [5.41, 5.74) is 6.20. The average Bonchev–Trinajstić information content (AvgIpc) is 2.27. The van der Waals surface area contributed by atoms with Crippen molar-refractivity contribution in [1.29, 1.82) is 0 Å². The fraction of sp³-hybridized carbons (Fsp3) is 0.538. The second-order valence-corrected chi connectivity index (χ2v) is 4.82. The molecule has 17 heavy (non-hydrogen) atoms. The van der Waals surface area contributed by atoms with Crippen LogP contribution < -0.4 is 5.73 Å². The lowest BCUT2D eigenvalue weighted by molar-refractivity contribution is 0.126. The van der Waals surface area contributed by atoms with Gasteiger partial charge in [0.25, 0.3) is 0 Å². The molecule has 0 saturated carbocycles. The molecule has 2 nitrogen and oxygen atoms in total. The van der Waals surface area contributed by atoms with Crippen LogP contribution in [0.4, 0.5) is 4.39 Å². The minimum absolute atomic E-state index is 0.156. The number of nitrogens with two attached hydrogens (primary N) is 1. The van der Waals surface area contributed by atoms with Gasteiger partial charge in [0.15, 0.2) is 0 Å². The molecule has 0 fully saturated rings. The highest BCUT2D eigenvalue weighted by atomic mass is 35.5. The van der Waals surface area contributed by atoms with Crippen LogP contribution in [-0.2, 0) is 0 Å². The number of aliphatic hydroxyl groups excluding tert-OH is 1. The highest BCUT2D eigenvalue weighted by Gasteiger charge is 2.21. The molecule has 1 aromatic carbocycles. The largest absolute Gasteiger partial charge is 0.391 e. The number of hydrogen-bond donors (Lipinski definition) is 2. The summed E-state index contributed by atoms with van der Waals surface area (Å²) in [6.45, 7) is 3.75. The molecule has 3 unspecified atom stereocenters. The van der Waals surface area contributed by atoms with Crippen LogP contribution in [-0.4, -0.2) is 17.3 Å². The summed E-state index contributed by atoms with van der Waals surface area (Å²) in [5.74, 6) is -0.487. The fourth-order valence-electron chi connectivity index (χ4n) is 1.91. The van der Waals surface area contributed by atoms with E-state index in [1.54, 1.807) is 12.1 Å². The summed E-state index contributed by atoms with van der Waals surface area (Å²) in [6, 6.07) is 4.33. The van der Waals surface area contributed by atoms with Crippen molar-refractivity contribution in [2.45, 2.75) is 44.8 Å². The van der Waals surface area contributed by atoms with Crippen LogP contribution in [0.5, 0.6) is 0 Å². The van der Waals surface area contributed by atoms with Gasteiger partial charge in [0.1, 0.15) is 5.82 Å². The lowest BCUT2D eigenvalue weighted by atomic mass is 9.91. The van der Waals surface area contributed by atoms with Crippen LogP contribution in [0.25, 0.3) is 0 Å². The monoisotopic (exact) mass is 259 g/mol. The van der Waals surface area contributed by atoms with Gasteiger partial charge in [0.05, 0.1) is 6.10 Å². The normalized spacial score (nSPS) is 16.6. The smallest absolute Gasteiger partial charge is 0.128 e. The SMILES string of the molecule is CCC(N)C(O)CC(C)c1c(F)cccc1Cl. The van der Waals surface area contributed by atoms with Crippen molar-refractivity contribution in [2.75, 3.05) is 0 Å². The van der Waals surface area contributed by atoms with Crippen molar-refractivity contribution in [2.24, 2.45) is 5.73 Å². The maximum absolute atomic E-state index is 13.6. The molecule has 0 aliphatic carbocycles. The zero-order chi connectivity index (χ0) is 13.0. The first-order valence-electron chi connectivity index (χ1n) is 5.84. The van der Waals surface area contributed by atoms with E-state index < -0.39 is 6.10 Å². The predicted octanol–water partition coefficient (Wildman–Crippen LogP) is 3.07. The van der Waals surface area contributed by atoms with Gasteiger partial charge >= 0.3 is 0 Å². The molecule has 3 N–H and O–H groups in total. The van der Waals surface area contributed by atoms with E-state index in [-0.39, 0.29) is 17.8 Å². The first-order valence-corrected chi connectivity index (χ1v) is 6.22. The molecule has 0 saturated heterocycles. The van der Waals surface area contributed by atoms with E-state index in [2.05, 4.69) is 0 Å². The predicted molar refractivity (Wildman–Crippen MR) is 68.7 cm³/mol. The first kappa shape index (κ1) is 14.4. The minimum Gasteiger partial charge on any atom is -0.391 e. The topological polar surface area (TPSA) is 46.2 Å². The standard InChI is InChI=1S/C13H19ClFNO/c1-3-11(16)12(17)7-8(2)13-9(14)5-4-6-10(13)15/h4-6,8,11-12,17H,3,7,16H2,1-2H3. The molecular weight excluding hydrogens is 241 g/mol. The third kappa shape index (κ3) is 3.66. The third-order valence-corrected chi connectivity index (χ3v) is 3.38. The summed E-state index contributed by atoms with van der Waals surface area (Å²) in [5, 5.41) is 10.2. The number of aliphatic hydroxyl groups is 1. The first-order chi connectivity index (χ1) is 7.97. The lowest BCUT2D eigenvalue weighted by Gasteiger charge is -2.22. The van der Waals surface area contributed by atoms with E-state index in [0.29, 0.717) is 23.4 Å². The lowest BCUT2D eigenvalue weighted by Crippen LogP contribution is -2.34. The number of rotatable bonds is 5. The molecule has 0 radical (unpaired) electrons. The van der Waals surface area contributed by atoms with E-state index >= 15 is 0 Å². The summed E-state index contributed by atoms with van der Waals surface area (Å²) < 4.78 is 13.6. The summed E-state index contributed by atoms with van der Waals surface area (Å²) in [6.07, 6.45) is 0.472. The Kier molecular flexibility index (Phi) is 5.37. The molecule has 4 heteroatoms. The number of halogens is 2. The van der Waals surface area contributed by atoms with Gasteiger partial charge in [-0.1, -0.05) is 31.5 Å². The van der Waals surface area contributed by atoms with Crippen LogP contribution in [0.3, 0.4) is 0 Å². The van der Waals surface area contributed by atoms with E-state index in [1.165, 1.54) is 6.07 Å². The van der Waals surface area contributed by atoms with Crippen molar-refractivity contribution in [1.82, 2.24) is 0 Å². The van der Waals surface area contributed by atoms with Gasteiger partial charge in [-0.2, -0.15) is 0 Å². The molecule has 1 rings (SSSR count). The number of benzene rings is 1. The molecule has 1 aromatic rings. The average molecular weight is 260 g/mol. The van der Waals surface area contributed by atoms with Gasteiger partial charge < -0.3 is 10.8 Å². The maximum Gasteiger partial charge on any atom is 0.128 e. The Bertz CT molecular complexity index is 352.